The van der Waals surface area contributed by atoms with Crippen LogP contribution in [0.5, 0.6) is 0 Å². The molecule has 2 saturated heterocycles. The van der Waals surface area contributed by atoms with Gasteiger partial charge in [0.2, 0.25) is 10.0 Å². The molecule has 4 N–H and O–H groups in total. The lowest BCUT2D eigenvalue weighted by atomic mass is 9.88. The summed E-state index contributed by atoms with van der Waals surface area (Å²) in [6.07, 6.45) is 12.1. The van der Waals surface area contributed by atoms with E-state index in [1.807, 2.05) is 17.0 Å². The largest absolute Gasteiger partial charge is 0.364 e. The van der Waals surface area contributed by atoms with Crippen LogP contribution in [0.1, 0.15) is 73.3 Å². The number of aromatic nitrogens is 2. The van der Waals surface area contributed by atoms with E-state index in [-0.39, 0.29) is 11.7 Å². The molecule has 38 heavy (non-hydrogen) atoms. The summed E-state index contributed by atoms with van der Waals surface area (Å²) in [5.41, 5.74) is 7.81. The maximum Gasteiger partial charge on any atom is 0.271 e. The maximum absolute atomic E-state index is 12.1. The molecule has 11 heteroatoms. The van der Waals surface area contributed by atoms with E-state index in [1.165, 1.54) is 69.6 Å². The number of carbonyl (C=O) groups is 1. The standard InChI is InChI=1S/C27H39N7O3S/c1-38(36,37)32-22-5-4-14-34(18-22)24-17-29-25(26(28)35)27(31-24)30-21-10-8-19(9-11-21)20-12-15-33(16-13-20)23-6-2-3-7-23/h8-11,17,20,22-23,32H,2-7,12-16,18H2,1H3,(H2,28,35)(H,30,31). The van der Waals surface area contributed by atoms with Gasteiger partial charge in [-0.1, -0.05) is 25.0 Å². The molecule has 0 radical (unpaired) electrons. The lowest BCUT2D eigenvalue weighted by Crippen LogP contribution is -2.47. The fraction of sp³-hybridized carbons (Fsp3) is 0.593. The van der Waals surface area contributed by atoms with Crippen molar-refractivity contribution in [1.29, 1.82) is 0 Å². The molecule has 0 spiro atoms. The van der Waals surface area contributed by atoms with Crippen molar-refractivity contribution in [2.45, 2.75) is 69.4 Å². The van der Waals surface area contributed by atoms with Gasteiger partial charge < -0.3 is 20.9 Å². The third-order valence-electron chi connectivity index (χ3n) is 8.13. The first-order chi connectivity index (χ1) is 18.2. The molecule has 0 bridgehead atoms. The molecule has 1 saturated carbocycles. The number of nitrogens with two attached hydrogens (primary N) is 1. The fourth-order valence-electron chi connectivity index (χ4n) is 6.23. The molecule has 1 aromatic carbocycles. The van der Waals surface area contributed by atoms with Crippen molar-refractivity contribution in [3.8, 4) is 0 Å². The number of piperidine rings is 2. The zero-order valence-electron chi connectivity index (χ0n) is 22.1. The number of sulfonamides is 1. The van der Waals surface area contributed by atoms with Crippen LogP contribution in [0.25, 0.3) is 0 Å². The Morgan fingerprint density at radius 2 is 1.71 bits per heavy atom. The molecule has 3 aliphatic rings. The average Bonchev–Trinajstić information content (AvgIpc) is 3.43. The Bertz CT molecular complexity index is 1220. The summed E-state index contributed by atoms with van der Waals surface area (Å²) in [4.78, 5) is 25.7. The van der Waals surface area contributed by atoms with Gasteiger partial charge in [-0.3, -0.25) is 4.79 Å². The first-order valence-electron chi connectivity index (χ1n) is 13.8. The van der Waals surface area contributed by atoms with E-state index in [0.717, 1.165) is 31.1 Å². The van der Waals surface area contributed by atoms with Gasteiger partial charge in [-0.15, -0.1) is 0 Å². The van der Waals surface area contributed by atoms with Crippen LogP contribution in [0, 0.1) is 0 Å². The molecule has 3 heterocycles. The van der Waals surface area contributed by atoms with Gasteiger partial charge in [0.05, 0.1) is 12.5 Å². The topological polar surface area (TPSA) is 134 Å². The van der Waals surface area contributed by atoms with Crippen LogP contribution in [-0.2, 0) is 10.0 Å². The number of nitrogens with one attached hydrogen (secondary N) is 2. The van der Waals surface area contributed by atoms with E-state index in [2.05, 4.69) is 37.0 Å². The summed E-state index contributed by atoms with van der Waals surface area (Å²) in [6, 6.07) is 8.95. The molecule has 5 rings (SSSR count). The molecule has 10 nitrogen and oxygen atoms in total. The SMILES string of the molecule is CS(=O)(=O)NC1CCCN(c2cnc(C(N)=O)c(Nc3ccc(C4CCN(C5CCCC5)CC4)cc3)n2)C1. The smallest absolute Gasteiger partial charge is 0.271 e. The van der Waals surface area contributed by atoms with Crippen LogP contribution in [-0.4, -0.2) is 73.7 Å². The van der Waals surface area contributed by atoms with Gasteiger partial charge in [-0.05, 0) is 75.2 Å². The zero-order valence-corrected chi connectivity index (χ0v) is 22.9. The first-order valence-corrected chi connectivity index (χ1v) is 15.6. The van der Waals surface area contributed by atoms with Crippen molar-refractivity contribution in [3.05, 3.63) is 41.7 Å². The third kappa shape index (κ3) is 6.62. The Labute approximate surface area is 225 Å². The first kappa shape index (κ1) is 26.8. The number of primary amides is 1. The van der Waals surface area contributed by atoms with E-state index in [9.17, 15) is 13.2 Å². The summed E-state index contributed by atoms with van der Waals surface area (Å²) in [5.74, 6) is 0.778. The van der Waals surface area contributed by atoms with Gasteiger partial charge in [-0.25, -0.2) is 23.1 Å². The van der Waals surface area contributed by atoms with Gasteiger partial charge >= 0.3 is 0 Å². The second-order valence-electron chi connectivity index (χ2n) is 11.0. The molecule has 1 unspecified atom stereocenters. The Hall–Kier alpha value is -2.76. The van der Waals surface area contributed by atoms with Crippen LogP contribution in [0.2, 0.25) is 0 Å². The van der Waals surface area contributed by atoms with Crippen LogP contribution in [0.3, 0.4) is 0 Å². The molecule has 1 aromatic heterocycles. The van der Waals surface area contributed by atoms with Crippen LogP contribution in [0.4, 0.5) is 17.3 Å². The third-order valence-corrected chi connectivity index (χ3v) is 8.90. The normalized spacial score (nSPS) is 22.0. The highest BCUT2D eigenvalue weighted by Crippen LogP contribution is 2.33. The number of amides is 1. The molecular formula is C27H39N7O3S. The predicted molar refractivity (Wildman–Crippen MR) is 149 cm³/mol. The van der Waals surface area contributed by atoms with Gasteiger partial charge in [0.1, 0.15) is 5.82 Å². The van der Waals surface area contributed by atoms with Crippen LogP contribution < -0.4 is 20.7 Å². The second-order valence-corrected chi connectivity index (χ2v) is 12.7. The molecule has 1 aliphatic carbocycles. The fourth-order valence-corrected chi connectivity index (χ4v) is 7.02. The number of benzene rings is 1. The summed E-state index contributed by atoms with van der Waals surface area (Å²) in [7, 11) is -3.30. The number of carbonyl (C=O) groups excluding carboxylic acids is 1. The lowest BCUT2D eigenvalue weighted by Gasteiger charge is -2.36. The van der Waals surface area contributed by atoms with E-state index < -0.39 is 15.9 Å². The summed E-state index contributed by atoms with van der Waals surface area (Å²) in [5, 5.41) is 3.24. The molecule has 2 aromatic rings. The monoisotopic (exact) mass is 541 g/mol. The highest BCUT2D eigenvalue weighted by atomic mass is 32.2. The Balaban J connectivity index is 1.25. The minimum absolute atomic E-state index is 0.0694. The van der Waals surface area contributed by atoms with Crippen molar-refractivity contribution < 1.29 is 13.2 Å². The summed E-state index contributed by atoms with van der Waals surface area (Å²) in [6.45, 7) is 3.55. The van der Waals surface area contributed by atoms with E-state index >= 15 is 0 Å². The Morgan fingerprint density at radius 3 is 2.37 bits per heavy atom. The second kappa shape index (κ2) is 11.5. The number of anilines is 3. The molecule has 2 aliphatic heterocycles. The lowest BCUT2D eigenvalue weighted by molar-refractivity contribution is 0.0996. The molecule has 1 amide bonds. The number of rotatable bonds is 8. The maximum atomic E-state index is 12.1. The van der Waals surface area contributed by atoms with E-state index in [4.69, 9.17) is 5.73 Å². The van der Waals surface area contributed by atoms with Crippen molar-refractivity contribution in [2.24, 2.45) is 5.73 Å². The van der Waals surface area contributed by atoms with Crippen molar-refractivity contribution in [2.75, 3.05) is 42.7 Å². The van der Waals surface area contributed by atoms with E-state index in [0.29, 0.717) is 24.1 Å². The van der Waals surface area contributed by atoms with Gasteiger partial charge in [-0.2, -0.15) is 0 Å². The summed E-state index contributed by atoms with van der Waals surface area (Å²) >= 11 is 0. The Kier molecular flexibility index (Phi) is 8.15. The van der Waals surface area contributed by atoms with Gasteiger partial charge in [0, 0.05) is 30.9 Å². The molecule has 1 atom stereocenters. The Morgan fingerprint density at radius 1 is 1.00 bits per heavy atom. The van der Waals surface area contributed by atoms with Gasteiger partial charge in [0.15, 0.2) is 11.5 Å². The van der Waals surface area contributed by atoms with Crippen LogP contribution in [0.15, 0.2) is 30.5 Å². The van der Waals surface area contributed by atoms with Crippen molar-refractivity contribution in [1.82, 2.24) is 19.6 Å². The summed E-state index contributed by atoms with van der Waals surface area (Å²) < 4.78 is 26.1. The number of nitrogens with zero attached hydrogens (tertiary/aromatic N) is 4. The molecular weight excluding hydrogens is 502 g/mol. The number of hydrogen-bond acceptors (Lipinski definition) is 8. The predicted octanol–water partition coefficient (Wildman–Crippen LogP) is 2.96. The quantitative estimate of drug-likeness (QED) is 0.465. The molecule has 206 valence electrons. The number of hydrogen-bond donors (Lipinski definition) is 3. The van der Waals surface area contributed by atoms with E-state index in [1.54, 1.807) is 0 Å². The van der Waals surface area contributed by atoms with Crippen molar-refractivity contribution >= 4 is 33.3 Å². The minimum atomic E-state index is -3.30. The highest BCUT2D eigenvalue weighted by Gasteiger charge is 2.28. The van der Waals surface area contributed by atoms with Crippen LogP contribution >= 0.6 is 0 Å². The highest BCUT2D eigenvalue weighted by molar-refractivity contribution is 7.88. The van der Waals surface area contributed by atoms with Crippen molar-refractivity contribution in [3.63, 3.8) is 0 Å². The minimum Gasteiger partial charge on any atom is -0.364 e. The van der Waals surface area contributed by atoms with Gasteiger partial charge in [0.25, 0.3) is 5.91 Å². The molecule has 3 fully saturated rings. The number of likely N-dealkylation sites (tertiary alicyclic amines) is 1. The average molecular weight is 542 g/mol. The zero-order chi connectivity index (χ0) is 26.7.